The van der Waals surface area contributed by atoms with Crippen molar-refractivity contribution in [1.82, 2.24) is 34.5 Å². The number of hydrogen-bond donors (Lipinski definition) is 0. The molecule has 0 bridgehead atoms. The molecule has 0 aliphatic heterocycles. The summed E-state index contributed by atoms with van der Waals surface area (Å²) in [6, 6.07) is 128. The molecule has 16 rings (SSSR count). The first-order valence-electron chi connectivity index (χ1n) is 31.4. The van der Waals surface area contributed by atoms with Gasteiger partial charge in [0.25, 0.3) is 0 Å². The van der Waals surface area contributed by atoms with Crippen LogP contribution in [0.3, 0.4) is 0 Å². The van der Waals surface area contributed by atoms with Crippen LogP contribution in [0.5, 0.6) is 0 Å². The van der Waals surface area contributed by atoms with Gasteiger partial charge in [0.05, 0.1) is 11.0 Å². The molecule has 0 saturated heterocycles. The number of fused-ring (bicyclic) bond motifs is 3. The second-order valence-corrected chi connectivity index (χ2v) is 30.9. The third kappa shape index (κ3) is 10.2. The lowest BCUT2D eigenvalue weighted by atomic mass is 9.97. The average Bonchev–Trinajstić information content (AvgIpc) is 1.69. The molecule has 3 aromatic heterocycles. The van der Waals surface area contributed by atoms with Crippen molar-refractivity contribution in [2.24, 2.45) is 0 Å². The largest absolute Gasteiger partial charge is 0.278 e. The molecule has 438 valence electrons. The minimum absolute atomic E-state index is 0.521. The molecule has 0 aliphatic carbocycles. The second kappa shape index (κ2) is 24.5. The molecule has 0 radical (unpaired) electrons. The molecule has 0 unspecified atom stereocenters. The van der Waals surface area contributed by atoms with Gasteiger partial charge in [-0.1, -0.05) is 340 Å². The zero-order chi connectivity index (χ0) is 62.0. The maximum absolute atomic E-state index is 5.52. The van der Waals surface area contributed by atoms with Gasteiger partial charge in [-0.2, -0.15) is 9.97 Å². The first-order chi connectivity index (χ1) is 46.1. The van der Waals surface area contributed by atoms with E-state index in [1.807, 2.05) is 18.2 Å². The molecule has 0 saturated carbocycles. The lowest BCUT2D eigenvalue weighted by molar-refractivity contribution is 0.953. The summed E-state index contributed by atoms with van der Waals surface area (Å²) in [4.78, 5) is 32.7. The van der Waals surface area contributed by atoms with Crippen molar-refractivity contribution in [2.45, 2.75) is 0 Å². The number of nitrogens with zero attached hydrogens (tertiary/aromatic N) is 7. The zero-order valence-electron chi connectivity index (χ0n) is 50.7. The van der Waals surface area contributed by atoms with Crippen LogP contribution in [0.15, 0.2) is 358 Å². The Labute approximate surface area is 542 Å². The fourth-order valence-electron chi connectivity index (χ4n) is 13.9. The quantitative estimate of drug-likeness (QED) is 0.0751. The van der Waals surface area contributed by atoms with E-state index in [1.54, 1.807) is 0 Å². The van der Waals surface area contributed by atoms with Gasteiger partial charge in [-0.25, -0.2) is 19.9 Å². The van der Waals surface area contributed by atoms with Crippen molar-refractivity contribution in [1.29, 1.82) is 0 Å². The summed E-state index contributed by atoms with van der Waals surface area (Å²) in [5.74, 6) is 3.34. The highest BCUT2D eigenvalue weighted by atomic mass is 28.3. The van der Waals surface area contributed by atoms with Gasteiger partial charge in [-0.15, -0.1) is 0 Å². The van der Waals surface area contributed by atoms with Gasteiger partial charge in [0, 0.05) is 38.6 Å². The Balaban J connectivity index is 0.863. The van der Waals surface area contributed by atoms with Crippen LogP contribution in [0.4, 0.5) is 0 Å². The van der Waals surface area contributed by atoms with Crippen LogP contribution in [0.25, 0.3) is 95.8 Å². The molecule has 0 atom stereocenters. The van der Waals surface area contributed by atoms with Crippen LogP contribution in [-0.2, 0) is 0 Å². The zero-order valence-corrected chi connectivity index (χ0v) is 52.7. The van der Waals surface area contributed by atoms with E-state index in [1.165, 1.54) is 41.5 Å². The van der Waals surface area contributed by atoms with E-state index in [4.69, 9.17) is 29.9 Å². The Kier molecular flexibility index (Phi) is 14.8. The highest BCUT2D eigenvalue weighted by Gasteiger charge is 2.43. The first-order valence-corrected chi connectivity index (χ1v) is 35.4. The highest BCUT2D eigenvalue weighted by molar-refractivity contribution is 7.20. The van der Waals surface area contributed by atoms with Crippen LogP contribution in [0.2, 0.25) is 0 Å². The van der Waals surface area contributed by atoms with E-state index in [9.17, 15) is 0 Å². The van der Waals surface area contributed by atoms with E-state index in [0.29, 0.717) is 35.1 Å². The van der Waals surface area contributed by atoms with Crippen molar-refractivity contribution >= 4 is 79.4 Å². The normalized spacial score (nSPS) is 11.7. The molecular formula is C84H59N7Si2. The van der Waals surface area contributed by atoms with E-state index >= 15 is 0 Å². The second-order valence-electron chi connectivity index (χ2n) is 23.3. The van der Waals surface area contributed by atoms with Crippen molar-refractivity contribution in [3.05, 3.63) is 358 Å². The van der Waals surface area contributed by atoms with Gasteiger partial charge in [0.1, 0.15) is 0 Å². The Morgan fingerprint density at radius 2 is 0.473 bits per heavy atom. The van der Waals surface area contributed by atoms with Crippen molar-refractivity contribution in [3.63, 3.8) is 0 Å². The smallest absolute Gasteiger partial charge is 0.238 e. The maximum Gasteiger partial charge on any atom is 0.238 e. The summed E-state index contributed by atoms with van der Waals surface area (Å²) in [6.45, 7) is 0. The predicted molar refractivity (Wildman–Crippen MR) is 387 cm³/mol. The van der Waals surface area contributed by atoms with E-state index in [2.05, 4.69) is 344 Å². The van der Waals surface area contributed by atoms with Gasteiger partial charge >= 0.3 is 0 Å². The van der Waals surface area contributed by atoms with Crippen molar-refractivity contribution in [2.75, 3.05) is 0 Å². The van der Waals surface area contributed by atoms with Crippen LogP contribution < -0.4 is 41.5 Å². The van der Waals surface area contributed by atoms with Crippen LogP contribution in [0.1, 0.15) is 0 Å². The first kappa shape index (κ1) is 56.4. The number of benzene rings is 13. The summed E-state index contributed by atoms with van der Waals surface area (Å²) >= 11 is 0. The molecule has 16 aromatic rings. The molecule has 3 heterocycles. The summed E-state index contributed by atoms with van der Waals surface area (Å²) in [5.41, 5.74) is 8.26. The van der Waals surface area contributed by atoms with Crippen LogP contribution >= 0.6 is 0 Å². The Bertz CT molecular complexity index is 5080. The lowest BCUT2D eigenvalue weighted by Gasteiger charge is -2.34. The fourth-order valence-corrected chi connectivity index (χ4v) is 23.5. The van der Waals surface area contributed by atoms with Gasteiger partial charge in [0.2, 0.25) is 5.95 Å². The Morgan fingerprint density at radius 1 is 0.194 bits per heavy atom. The van der Waals surface area contributed by atoms with Crippen LogP contribution in [0, 0.1) is 0 Å². The number of para-hydroxylation sites is 2. The molecule has 0 fully saturated rings. The topological polar surface area (TPSA) is 82.3 Å². The van der Waals surface area contributed by atoms with Gasteiger partial charge in [-0.3, -0.25) is 4.57 Å². The number of rotatable bonds is 15. The Morgan fingerprint density at radius 3 is 0.892 bits per heavy atom. The SMILES string of the molecule is c1ccc(-c2nc(-c3cccc([Si](c4ccccc4)(c4ccccc4)c4ccccc4)c3)nc(-c3ccccc3-c3cccc(-c4nc(-c5cccc([Si](c6ccccc6)(c6ccccc6)c6ccccc6)c5)nc(-n5c6ccccc6c6ccccc65)n4)c3)n2)cc1. The highest BCUT2D eigenvalue weighted by Crippen LogP contribution is 2.36. The van der Waals surface area contributed by atoms with E-state index < -0.39 is 16.1 Å². The van der Waals surface area contributed by atoms with Crippen molar-refractivity contribution in [3.8, 4) is 74.0 Å². The monoisotopic (exact) mass is 1220 g/mol. The molecule has 0 amide bonds. The number of aromatic nitrogens is 7. The predicted octanol–water partition coefficient (Wildman–Crippen LogP) is 13.9. The fraction of sp³-hybridized carbons (Fsp3) is 0. The van der Waals surface area contributed by atoms with Gasteiger partial charge in [0.15, 0.2) is 45.3 Å². The molecular weight excluding hydrogens is 1160 g/mol. The van der Waals surface area contributed by atoms with Crippen molar-refractivity contribution < 1.29 is 0 Å². The minimum Gasteiger partial charge on any atom is -0.278 e. The summed E-state index contributed by atoms with van der Waals surface area (Å²) in [6.07, 6.45) is 0. The van der Waals surface area contributed by atoms with E-state index in [0.717, 1.165) is 60.8 Å². The third-order valence-corrected chi connectivity index (χ3v) is 27.6. The summed E-state index contributed by atoms with van der Waals surface area (Å²) in [7, 11) is -5.85. The van der Waals surface area contributed by atoms with Crippen LogP contribution in [-0.4, -0.2) is 50.6 Å². The van der Waals surface area contributed by atoms with E-state index in [-0.39, 0.29) is 0 Å². The summed E-state index contributed by atoms with van der Waals surface area (Å²) < 4.78 is 2.19. The molecule has 0 N–H and O–H groups in total. The third-order valence-electron chi connectivity index (χ3n) is 18.0. The standard InChI is InChI=1S/C84H59N7Si2/c1-8-31-60(32-9-1)79-85-80(63-35-29-49-71(58-63)92(65-37-10-2-11-38-65,66-39-12-3-13-40-66)67-41-14-4-15-42-67)88-83(87-79)76-54-23-22-51-73(76)61-33-28-34-62(57-61)81-86-82(90-84(89-81)91-77-55-26-24-52-74(77)75-53-25-27-56-78(75)91)64-36-30-50-72(59-64)93(68-43-16-5-17-44-68,69-45-18-6-19-46-69)70-47-20-7-21-48-70/h1-59H. The Hall–Kier alpha value is -11.9. The molecule has 13 aromatic carbocycles. The molecule has 9 heteroatoms. The maximum atomic E-state index is 5.52. The minimum atomic E-state index is -2.94. The molecule has 0 spiro atoms. The molecule has 93 heavy (non-hydrogen) atoms. The summed E-state index contributed by atoms with van der Waals surface area (Å²) in [5, 5.41) is 12.4. The van der Waals surface area contributed by atoms with Gasteiger partial charge < -0.3 is 0 Å². The van der Waals surface area contributed by atoms with Gasteiger partial charge in [-0.05, 0) is 70.8 Å². The average molecular weight is 1220 g/mol. The molecule has 7 nitrogen and oxygen atoms in total. The number of hydrogen-bond acceptors (Lipinski definition) is 6. The lowest BCUT2D eigenvalue weighted by Crippen LogP contribution is -2.74. The molecule has 0 aliphatic rings.